The van der Waals surface area contributed by atoms with Gasteiger partial charge in [0, 0.05) is 47.0 Å². The van der Waals surface area contributed by atoms with E-state index in [1.54, 1.807) is 25.3 Å². The molecule has 30 heavy (non-hydrogen) atoms. The van der Waals surface area contributed by atoms with Crippen LogP contribution in [0.1, 0.15) is 22.7 Å². The van der Waals surface area contributed by atoms with Crippen LogP contribution >= 0.6 is 0 Å². The van der Waals surface area contributed by atoms with Gasteiger partial charge in [0.25, 0.3) is 5.69 Å². The first-order chi connectivity index (χ1) is 14.7. The van der Waals surface area contributed by atoms with Gasteiger partial charge in [0.2, 0.25) is 0 Å². The molecule has 0 saturated carbocycles. The maximum atomic E-state index is 11.4. The van der Waals surface area contributed by atoms with Crippen LogP contribution in [0.5, 0.6) is 5.75 Å². The SMILES string of the molecule is COc1ccc(N2CCc3ccccc3C2c2c[nH]c3ccc([N+](=O)[O-])cc23)cc1. The topological polar surface area (TPSA) is 71.4 Å². The number of nitrogens with one attached hydrogen (secondary N) is 1. The summed E-state index contributed by atoms with van der Waals surface area (Å²) in [6.07, 6.45) is 2.93. The predicted molar refractivity (Wildman–Crippen MR) is 117 cm³/mol. The number of rotatable bonds is 4. The van der Waals surface area contributed by atoms with Gasteiger partial charge < -0.3 is 14.6 Å². The second kappa shape index (κ2) is 7.22. The molecular weight excluding hydrogens is 378 g/mol. The van der Waals surface area contributed by atoms with E-state index in [-0.39, 0.29) is 16.7 Å². The maximum Gasteiger partial charge on any atom is 0.270 e. The molecule has 6 nitrogen and oxygen atoms in total. The molecule has 4 aromatic rings. The first kappa shape index (κ1) is 18.2. The average molecular weight is 399 g/mol. The maximum absolute atomic E-state index is 11.4. The number of ether oxygens (including phenoxy) is 1. The molecule has 0 radical (unpaired) electrons. The van der Waals surface area contributed by atoms with E-state index < -0.39 is 0 Å². The lowest BCUT2D eigenvalue weighted by molar-refractivity contribution is -0.384. The summed E-state index contributed by atoms with van der Waals surface area (Å²) < 4.78 is 5.32. The van der Waals surface area contributed by atoms with Crippen LogP contribution in [0.4, 0.5) is 11.4 Å². The summed E-state index contributed by atoms with van der Waals surface area (Å²) in [5.41, 5.74) is 5.67. The highest BCUT2D eigenvalue weighted by atomic mass is 16.6. The zero-order chi connectivity index (χ0) is 20.7. The minimum atomic E-state index is -0.341. The molecule has 5 rings (SSSR count). The van der Waals surface area contributed by atoms with Crippen molar-refractivity contribution >= 4 is 22.3 Å². The van der Waals surface area contributed by atoms with Crippen LogP contribution in [0.3, 0.4) is 0 Å². The molecule has 1 aliphatic rings. The number of aromatic amines is 1. The van der Waals surface area contributed by atoms with Crippen LogP contribution in [-0.2, 0) is 6.42 Å². The van der Waals surface area contributed by atoms with Crippen LogP contribution in [0.2, 0.25) is 0 Å². The number of non-ortho nitro benzene ring substituents is 1. The zero-order valence-electron chi connectivity index (χ0n) is 16.5. The van der Waals surface area contributed by atoms with Crippen molar-refractivity contribution in [2.75, 3.05) is 18.6 Å². The smallest absolute Gasteiger partial charge is 0.270 e. The molecule has 1 atom stereocenters. The number of nitro benzene ring substituents is 1. The number of hydrogen-bond acceptors (Lipinski definition) is 4. The molecule has 1 aromatic heterocycles. The lowest BCUT2D eigenvalue weighted by atomic mass is 9.87. The van der Waals surface area contributed by atoms with E-state index in [0.29, 0.717) is 0 Å². The Labute approximate surface area is 173 Å². The number of nitro groups is 1. The lowest BCUT2D eigenvalue weighted by Gasteiger charge is -2.39. The first-order valence-electron chi connectivity index (χ1n) is 9.89. The third-order valence-corrected chi connectivity index (χ3v) is 5.89. The number of hydrogen-bond donors (Lipinski definition) is 1. The Morgan fingerprint density at radius 2 is 1.87 bits per heavy atom. The number of H-pyrrole nitrogens is 1. The van der Waals surface area contributed by atoms with Crippen molar-refractivity contribution in [3.63, 3.8) is 0 Å². The fourth-order valence-corrected chi connectivity index (χ4v) is 4.42. The van der Waals surface area contributed by atoms with Gasteiger partial charge >= 0.3 is 0 Å². The molecule has 0 saturated heterocycles. The van der Waals surface area contributed by atoms with Gasteiger partial charge in [0.15, 0.2) is 0 Å². The standard InChI is InChI=1S/C24H21N3O3/c1-30-19-9-6-17(7-10-19)26-13-12-16-4-2-3-5-20(16)24(26)22-15-25-23-11-8-18(27(28)29)14-21(22)23/h2-11,14-15,24-25H,12-13H2,1H3. The second-order valence-electron chi connectivity index (χ2n) is 7.47. The quantitative estimate of drug-likeness (QED) is 0.376. The molecule has 2 heterocycles. The van der Waals surface area contributed by atoms with E-state index in [2.05, 4.69) is 46.3 Å². The van der Waals surface area contributed by atoms with Crippen molar-refractivity contribution in [2.45, 2.75) is 12.5 Å². The van der Waals surface area contributed by atoms with E-state index in [9.17, 15) is 10.1 Å². The minimum Gasteiger partial charge on any atom is -0.497 e. The Balaban J connectivity index is 1.69. The Kier molecular flexibility index (Phi) is 4.39. The average Bonchev–Trinajstić information content (AvgIpc) is 3.21. The first-order valence-corrected chi connectivity index (χ1v) is 9.89. The molecule has 1 N–H and O–H groups in total. The van der Waals surface area contributed by atoms with E-state index in [4.69, 9.17) is 4.74 Å². The van der Waals surface area contributed by atoms with E-state index in [0.717, 1.165) is 40.9 Å². The lowest BCUT2D eigenvalue weighted by Crippen LogP contribution is -2.36. The van der Waals surface area contributed by atoms with Crippen LogP contribution in [0.15, 0.2) is 72.9 Å². The summed E-state index contributed by atoms with van der Waals surface area (Å²) in [7, 11) is 1.66. The molecule has 0 aliphatic carbocycles. The Morgan fingerprint density at radius 3 is 2.63 bits per heavy atom. The zero-order valence-corrected chi connectivity index (χ0v) is 16.5. The third kappa shape index (κ3) is 2.97. The number of aromatic nitrogens is 1. The molecular formula is C24H21N3O3. The third-order valence-electron chi connectivity index (χ3n) is 5.89. The summed E-state index contributed by atoms with van der Waals surface area (Å²) in [6, 6.07) is 21.5. The number of methoxy groups -OCH3 is 1. The van der Waals surface area contributed by atoms with Gasteiger partial charge in [-0.25, -0.2) is 0 Å². The van der Waals surface area contributed by atoms with Crippen molar-refractivity contribution in [3.05, 3.63) is 99.7 Å². The van der Waals surface area contributed by atoms with Crippen LogP contribution in [-0.4, -0.2) is 23.6 Å². The van der Waals surface area contributed by atoms with E-state index >= 15 is 0 Å². The minimum absolute atomic E-state index is 0.0425. The fourth-order valence-electron chi connectivity index (χ4n) is 4.42. The highest BCUT2D eigenvalue weighted by Gasteiger charge is 2.31. The fraction of sp³-hybridized carbons (Fsp3) is 0.167. The number of benzene rings is 3. The number of nitrogens with zero attached hydrogens (tertiary/aromatic N) is 2. The summed E-state index contributed by atoms with van der Waals surface area (Å²) in [4.78, 5) is 16.7. The summed E-state index contributed by atoms with van der Waals surface area (Å²) >= 11 is 0. The molecule has 0 spiro atoms. The van der Waals surface area contributed by atoms with Crippen molar-refractivity contribution < 1.29 is 9.66 Å². The van der Waals surface area contributed by atoms with Crippen LogP contribution in [0.25, 0.3) is 10.9 Å². The van der Waals surface area contributed by atoms with Crippen molar-refractivity contribution in [3.8, 4) is 5.75 Å². The molecule has 1 aliphatic heterocycles. The Morgan fingerprint density at radius 1 is 1.07 bits per heavy atom. The molecule has 0 fully saturated rings. The Bertz CT molecular complexity index is 1230. The van der Waals surface area contributed by atoms with Gasteiger partial charge in [-0.05, 0) is 47.9 Å². The number of fused-ring (bicyclic) bond motifs is 2. The van der Waals surface area contributed by atoms with E-state index in [1.807, 2.05) is 18.3 Å². The van der Waals surface area contributed by atoms with Gasteiger partial charge in [-0.15, -0.1) is 0 Å². The van der Waals surface area contributed by atoms with Gasteiger partial charge in [-0.1, -0.05) is 24.3 Å². The largest absolute Gasteiger partial charge is 0.497 e. The molecule has 1 unspecified atom stereocenters. The van der Waals surface area contributed by atoms with Gasteiger partial charge in [-0.2, -0.15) is 0 Å². The van der Waals surface area contributed by atoms with Crippen molar-refractivity contribution in [1.29, 1.82) is 0 Å². The van der Waals surface area contributed by atoms with Gasteiger partial charge in [0.05, 0.1) is 18.1 Å². The molecule has 0 bridgehead atoms. The highest BCUT2D eigenvalue weighted by molar-refractivity contribution is 5.87. The molecule has 0 amide bonds. The van der Waals surface area contributed by atoms with Crippen molar-refractivity contribution in [2.24, 2.45) is 0 Å². The number of anilines is 1. The highest BCUT2D eigenvalue weighted by Crippen LogP contribution is 2.41. The molecule has 3 aromatic carbocycles. The summed E-state index contributed by atoms with van der Waals surface area (Å²) in [5.74, 6) is 0.815. The van der Waals surface area contributed by atoms with Gasteiger partial charge in [0.1, 0.15) is 5.75 Å². The van der Waals surface area contributed by atoms with Crippen molar-refractivity contribution in [1.82, 2.24) is 4.98 Å². The Hall–Kier alpha value is -3.80. The summed E-state index contributed by atoms with van der Waals surface area (Å²) in [6.45, 7) is 0.857. The van der Waals surface area contributed by atoms with E-state index in [1.165, 1.54) is 11.1 Å². The normalized spacial score (nSPS) is 15.8. The van der Waals surface area contributed by atoms with Crippen LogP contribution in [0, 0.1) is 10.1 Å². The predicted octanol–water partition coefficient (Wildman–Crippen LogP) is 5.24. The molecule has 6 heteroatoms. The van der Waals surface area contributed by atoms with Gasteiger partial charge in [-0.3, -0.25) is 10.1 Å². The van der Waals surface area contributed by atoms with Crippen LogP contribution < -0.4 is 9.64 Å². The molecule has 150 valence electrons. The monoisotopic (exact) mass is 399 g/mol. The summed E-state index contributed by atoms with van der Waals surface area (Å²) in [5, 5.41) is 12.3. The second-order valence-corrected chi connectivity index (χ2v) is 7.47.